The Bertz CT molecular complexity index is 432. The van der Waals surface area contributed by atoms with Gasteiger partial charge in [0.05, 0.1) is 12.3 Å². The van der Waals surface area contributed by atoms with E-state index in [2.05, 4.69) is 4.98 Å². The van der Waals surface area contributed by atoms with Gasteiger partial charge in [-0.15, -0.1) is 0 Å². The number of rotatable bonds is 1. The molecule has 2 N–H and O–H groups in total. The number of aromatic nitrogens is 2. The molecular weight excluding hydrogens is 201 g/mol. The van der Waals surface area contributed by atoms with Crippen molar-refractivity contribution in [3.63, 3.8) is 0 Å². The van der Waals surface area contributed by atoms with Gasteiger partial charge in [-0.05, 0) is 19.8 Å². The van der Waals surface area contributed by atoms with Crippen LogP contribution in [0.1, 0.15) is 26.0 Å². The second kappa shape index (κ2) is 3.62. The second-order valence-corrected chi connectivity index (χ2v) is 3.64. The van der Waals surface area contributed by atoms with Gasteiger partial charge < -0.3 is 10.5 Å². The van der Waals surface area contributed by atoms with Gasteiger partial charge >= 0.3 is 5.69 Å². The summed E-state index contributed by atoms with van der Waals surface area (Å²) in [4.78, 5) is 14.8. The first kappa shape index (κ1) is 10.1. The first-order chi connectivity index (χ1) is 7.08. The summed E-state index contributed by atoms with van der Waals surface area (Å²) in [6.07, 6.45) is 2.25. The van der Waals surface area contributed by atoms with Crippen LogP contribution >= 0.6 is 0 Å². The number of nitrogens with zero attached hydrogens (tertiary/aromatic N) is 2. The number of nitrogens with two attached hydrogens (primary N) is 1. The van der Waals surface area contributed by atoms with Crippen molar-refractivity contribution >= 4 is 5.82 Å². The van der Waals surface area contributed by atoms with Gasteiger partial charge in [0, 0.05) is 0 Å². The summed E-state index contributed by atoms with van der Waals surface area (Å²) in [7, 11) is 0. The zero-order chi connectivity index (χ0) is 11.0. The van der Waals surface area contributed by atoms with Crippen LogP contribution in [0.15, 0.2) is 11.0 Å². The first-order valence-corrected chi connectivity index (χ1v) is 4.77. The molecule has 2 atom stereocenters. The molecule has 1 saturated heterocycles. The van der Waals surface area contributed by atoms with Crippen LogP contribution in [-0.2, 0) is 4.74 Å². The fourth-order valence-electron chi connectivity index (χ4n) is 1.65. The normalized spacial score (nSPS) is 25.7. The van der Waals surface area contributed by atoms with Crippen molar-refractivity contribution in [1.82, 2.24) is 9.55 Å². The zero-order valence-corrected chi connectivity index (χ0v) is 8.31. The predicted molar refractivity (Wildman–Crippen MR) is 51.7 cm³/mol. The van der Waals surface area contributed by atoms with E-state index in [1.165, 1.54) is 0 Å². The van der Waals surface area contributed by atoms with E-state index in [1.807, 2.05) is 6.92 Å². The van der Waals surface area contributed by atoms with Gasteiger partial charge in [0.25, 0.3) is 0 Å². The molecule has 0 bridgehead atoms. The molecule has 0 radical (unpaired) electrons. The van der Waals surface area contributed by atoms with Gasteiger partial charge in [0.15, 0.2) is 11.6 Å². The molecule has 0 saturated carbocycles. The maximum absolute atomic E-state index is 13.1. The fourth-order valence-corrected chi connectivity index (χ4v) is 1.65. The van der Waals surface area contributed by atoms with Crippen LogP contribution in [0.5, 0.6) is 0 Å². The minimum absolute atomic E-state index is 0.0857. The molecule has 5 nitrogen and oxygen atoms in total. The van der Waals surface area contributed by atoms with E-state index in [4.69, 9.17) is 10.5 Å². The highest BCUT2D eigenvalue weighted by molar-refractivity contribution is 5.26. The summed E-state index contributed by atoms with van der Waals surface area (Å²) in [5.74, 6) is -1.07. The summed E-state index contributed by atoms with van der Waals surface area (Å²) >= 11 is 0. The summed E-state index contributed by atoms with van der Waals surface area (Å²) in [5, 5.41) is 0. The number of ether oxygens (including phenoxy) is 1. The van der Waals surface area contributed by atoms with Crippen LogP contribution in [0.3, 0.4) is 0 Å². The lowest BCUT2D eigenvalue weighted by Crippen LogP contribution is -2.28. The highest BCUT2D eigenvalue weighted by Crippen LogP contribution is 2.26. The van der Waals surface area contributed by atoms with E-state index in [1.54, 1.807) is 0 Å². The van der Waals surface area contributed by atoms with Crippen molar-refractivity contribution in [2.75, 3.05) is 5.73 Å². The molecule has 0 spiro atoms. The van der Waals surface area contributed by atoms with Crippen molar-refractivity contribution in [2.24, 2.45) is 0 Å². The number of halogens is 1. The van der Waals surface area contributed by atoms with E-state index < -0.39 is 17.7 Å². The second-order valence-electron chi connectivity index (χ2n) is 3.64. The topological polar surface area (TPSA) is 70.1 Å². The van der Waals surface area contributed by atoms with Crippen LogP contribution in [-0.4, -0.2) is 15.7 Å². The van der Waals surface area contributed by atoms with Crippen LogP contribution < -0.4 is 11.4 Å². The van der Waals surface area contributed by atoms with Crippen LogP contribution in [0.25, 0.3) is 0 Å². The molecule has 1 aliphatic rings. The molecule has 0 amide bonds. The molecule has 0 aliphatic carbocycles. The van der Waals surface area contributed by atoms with Gasteiger partial charge in [-0.2, -0.15) is 4.98 Å². The summed E-state index contributed by atoms with van der Waals surface area (Å²) in [5.41, 5.74) is 4.60. The maximum Gasteiger partial charge on any atom is 0.351 e. The Morgan fingerprint density at radius 3 is 3.00 bits per heavy atom. The first-order valence-electron chi connectivity index (χ1n) is 4.77. The Hall–Kier alpha value is -1.43. The van der Waals surface area contributed by atoms with Gasteiger partial charge in [-0.3, -0.25) is 4.57 Å². The monoisotopic (exact) mass is 213 g/mol. The summed E-state index contributed by atoms with van der Waals surface area (Å²) < 4.78 is 19.7. The van der Waals surface area contributed by atoms with E-state index in [-0.39, 0.29) is 11.9 Å². The molecule has 6 heteroatoms. The van der Waals surface area contributed by atoms with Gasteiger partial charge in [0.2, 0.25) is 0 Å². The molecule has 2 heterocycles. The van der Waals surface area contributed by atoms with Crippen molar-refractivity contribution in [2.45, 2.75) is 32.1 Å². The molecule has 1 aliphatic heterocycles. The van der Waals surface area contributed by atoms with Crippen molar-refractivity contribution in [1.29, 1.82) is 0 Å². The number of hydrogen-bond acceptors (Lipinski definition) is 4. The zero-order valence-electron chi connectivity index (χ0n) is 8.31. The van der Waals surface area contributed by atoms with E-state index in [9.17, 15) is 9.18 Å². The quantitative estimate of drug-likeness (QED) is 0.744. The minimum atomic E-state index is -0.697. The Kier molecular flexibility index (Phi) is 2.44. The van der Waals surface area contributed by atoms with Crippen LogP contribution in [0.2, 0.25) is 0 Å². The van der Waals surface area contributed by atoms with Crippen molar-refractivity contribution in [3.8, 4) is 0 Å². The molecular formula is C9H12FN3O2. The third-order valence-corrected chi connectivity index (χ3v) is 2.45. The molecule has 0 aromatic carbocycles. The molecule has 82 valence electrons. The SMILES string of the molecule is C[C@@H]1CC[C@H](n2cc(F)c(N)nc2=O)O1. The van der Waals surface area contributed by atoms with Crippen molar-refractivity contribution < 1.29 is 9.13 Å². The summed E-state index contributed by atoms with van der Waals surface area (Å²) in [6, 6.07) is 0. The third-order valence-electron chi connectivity index (χ3n) is 2.45. The molecule has 0 unspecified atom stereocenters. The van der Waals surface area contributed by atoms with Crippen LogP contribution in [0.4, 0.5) is 10.2 Å². The molecule has 15 heavy (non-hydrogen) atoms. The Labute approximate surface area is 85.7 Å². The average molecular weight is 213 g/mol. The maximum atomic E-state index is 13.1. The number of hydrogen-bond donors (Lipinski definition) is 1. The Morgan fingerprint density at radius 1 is 1.67 bits per heavy atom. The number of nitrogen functional groups attached to an aromatic ring is 1. The molecule has 2 rings (SSSR count). The van der Waals surface area contributed by atoms with E-state index in [0.29, 0.717) is 6.42 Å². The molecule has 1 aromatic heterocycles. The van der Waals surface area contributed by atoms with Crippen molar-refractivity contribution in [3.05, 3.63) is 22.5 Å². The average Bonchev–Trinajstić information content (AvgIpc) is 2.58. The van der Waals surface area contributed by atoms with E-state index >= 15 is 0 Å². The standard InChI is InChI=1S/C9H12FN3O2/c1-5-2-3-7(15-5)13-4-6(10)8(11)12-9(13)14/h4-5,7H,2-3H2,1H3,(H2,11,12,14)/t5-,7-/m1/s1. The van der Waals surface area contributed by atoms with Crippen LogP contribution in [0, 0.1) is 5.82 Å². The lowest BCUT2D eigenvalue weighted by molar-refractivity contribution is 0.00747. The summed E-state index contributed by atoms with van der Waals surface area (Å²) in [6.45, 7) is 1.91. The Balaban J connectivity index is 2.36. The lowest BCUT2D eigenvalue weighted by atomic mass is 10.2. The highest BCUT2D eigenvalue weighted by Gasteiger charge is 2.24. The highest BCUT2D eigenvalue weighted by atomic mass is 19.1. The molecule has 1 aromatic rings. The third kappa shape index (κ3) is 1.85. The predicted octanol–water partition coefficient (Wildman–Crippen LogP) is 0.662. The lowest BCUT2D eigenvalue weighted by Gasteiger charge is -2.13. The minimum Gasteiger partial charge on any atom is -0.381 e. The van der Waals surface area contributed by atoms with Gasteiger partial charge in [-0.1, -0.05) is 0 Å². The largest absolute Gasteiger partial charge is 0.381 e. The molecule has 1 fully saturated rings. The Morgan fingerprint density at radius 2 is 2.40 bits per heavy atom. The number of anilines is 1. The van der Waals surface area contributed by atoms with Gasteiger partial charge in [-0.25, -0.2) is 9.18 Å². The van der Waals surface area contributed by atoms with Gasteiger partial charge in [0.1, 0.15) is 6.23 Å². The fraction of sp³-hybridized carbons (Fsp3) is 0.556. The van der Waals surface area contributed by atoms with E-state index in [0.717, 1.165) is 17.2 Å². The smallest absolute Gasteiger partial charge is 0.351 e.